The van der Waals surface area contributed by atoms with Gasteiger partial charge in [-0.25, -0.2) is 4.99 Å². The first-order valence-corrected chi connectivity index (χ1v) is 6.87. The average Bonchev–Trinajstić information content (AvgIpc) is 2.69. The molecule has 1 aliphatic rings. The molecule has 122 valence electrons. The van der Waals surface area contributed by atoms with E-state index < -0.39 is 17.4 Å². The molecule has 22 heavy (non-hydrogen) atoms. The third-order valence-corrected chi connectivity index (χ3v) is 3.34. The van der Waals surface area contributed by atoms with Crippen LogP contribution in [0.15, 0.2) is 23.0 Å². The maximum atomic E-state index is 12.9. The number of rotatable bonds is 3. The van der Waals surface area contributed by atoms with Gasteiger partial charge in [0, 0.05) is 12.7 Å². The number of alkyl halides is 3. The molecule has 1 aromatic rings. The first kappa shape index (κ1) is 16.3. The molecule has 2 rings (SSSR count). The van der Waals surface area contributed by atoms with Crippen LogP contribution in [-0.2, 0) is 6.54 Å². The highest BCUT2D eigenvalue weighted by Crippen LogP contribution is 2.34. The van der Waals surface area contributed by atoms with E-state index in [1.807, 2.05) is 18.5 Å². The van der Waals surface area contributed by atoms with Gasteiger partial charge in [-0.2, -0.15) is 18.3 Å². The minimum atomic E-state index is -4.53. The van der Waals surface area contributed by atoms with Crippen LogP contribution in [-0.4, -0.2) is 27.6 Å². The van der Waals surface area contributed by atoms with E-state index in [1.165, 1.54) is 6.92 Å². The SMILES string of the molecule is CCCn1ncc(NC2=NC(C)(N)C(C(F)(F)F)=CN2)c1C. The van der Waals surface area contributed by atoms with Gasteiger partial charge in [-0.05, 0) is 20.3 Å². The molecular formula is C13H19F3N6. The van der Waals surface area contributed by atoms with Gasteiger partial charge in [0.1, 0.15) is 5.66 Å². The highest BCUT2D eigenvalue weighted by atomic mass is 19.4. The molecule has 9 heteroatoms. The van der Waals surface area contributed by atoms with E-state index in [1.54, 1.807) is 6.20 Å². The number of aromatic nitrogens is 2. The van der Waals surface area contributed by atoms with Crippen LogP contribution in [0.3, 0.4) is 0 Å². The number of aliphatic imine (C=N–C) groups is 1. The molecule has 1 aromatic heterocycles. The Morgan fingerprint density at radius 2 is 2.14 bits per heavy atom. The van der Waals surface area contributed by atoms with Crippen molar-refractivity contribution >= 4 is 11.6 Å². The molecule has 0 fully saturated rings. The molecule has 1 atom stereocenters. The van der Waals surface area contributed by atoms with E-state index in [0.717, 1.165) is 24.9 Å². The van der Waals surface area contributed by atoms with Gasteiger partial charge in [-0.15, -0.1) is 0 Å². The summed E-state index contributed by atoms with van der Waals surface area (Å²) in [5.74, 6) is 0.150. The maximum absolute atomic E-state index is 12.9. The number of halogens is 3. The second-order valence-corrected chi connectivity index (χ2v) is 5.30. The van der Waals surface area contributed by atoms with E-state index in [-0.39, 0.29) is 5.96 Å². The van der Waals surface area contributed by atoms with E-state index in [0.29, 0.717) is 5.69 Å². The summed E-state index contributed by atoms with van der Waals surface area (Å²) in [6.07, 6.45) is -1.17. The fourth-order valence-corrected chi connectivity index (χ4v) is 2.18. The monoisotopic (exact) mass is 316 g/mol. The molecule has 1 unspecified atom stereocenters. The lowest BCUT2D eigenvalue weighted by molar-refractivity contribution is -0.100. The van der Waals surface area contributed by atoms with Crippen LogP contribution in [0.25, 0.3) is 0 Å². The molecule has 0 spiro atoms. The topological polar surface area (TPSA) is 80.3 Å². The van der Waals surface area contributed by atoms with Crippen molar-refractivity contribution < 1.29 is 13.2 Å². The van der Waals surface area contributed by atoms with Crippen molar-refractivity contribution in [1.82, 2.24) is 15.1 Å². The molecule has 1 aliphatic heterocycles. The van der Waals surface area contributed by atoms with Crippen LogP contribution in [0, 0.1) is 6.92 Å². The Bertz CT molecular complexity index is 612. The van der Waals surface area contributed by atoms with Crippen LogP contribution in [0.5, 0.6) is 0 Å². The predicted octanol–water partition coefficient (Wildman–Crippen LogP) is 2.09. The van der Waals surface area contributed by atoms with Crippen molar-refractivity contribution in [1.29, 1.82) is 0 Å². The molecule has 6 nitrogen and oxygen atoms in total. The lowest BCUT2D eigenvalue weighted by Crippen LogP contribution is -2.49. The molecule has 0 saturated carbocycles. The second kappa shape index (κ2) is 5.64. The standard InChI is InChI=1S/C13H19F3N6/c1-4-5-22-8(2)9(6-19-22)20-11-18-7-10(13(14,15)16)12(3,17)21-11/h6-7H,4-5,17H2,1-3H3,(H2,18,20,21). The molecule has 4 N–H and O–H groups in total. The van der Waals surface area contributed by atoms with E-state index in [9.17, 15) is 13.2 Å². The van der Waals surface area contributed by atoms with Crippen molar-refractivity contribution in [2.75, 3.05) is 5.32 Å². The molecule has 0 amide bonds. The molecule has 0 saturated heterocycles. The normalized spacial score (nSPS) is 22.0. The number of hydrogen-bond donors (Lipinski definition) is 3. The summed E-state index contributed by atoms with van der Waals surface area (Å²) < 4.78 is 40.4. The van der Waals surface area contributed by atoms with Gasteiger partial charge in [-0.3, -0.25) is 4.68 Å². The molecule has 0 radical (unpaired) electrons. The number of nitrogens with two attached hydrogens (primary N) is 1. The van der Waals surface area contributed by atoms with Gasteiger partial charge in [-0.1, -0.05) is 6.92 Å². The van der Waals surface area contributed by atoms with Gasteiger partial charge in [0.2, 0.25) is 5.96 Å². The lowest BCUT2D eigenvalue weighted by atomic mass is 10.0. The summed E-state index contributed by atoms with van der Waals surface area (Å²) in [6, 6.07) is 0. The Kier molecular flexibility index (Phi) is 4.19. The van der Waals surface area contributed by atoms with Gasteiger partial charge < -0.3 is 16.4 Å². The summed E-state index contributed by atoms with van der Waals surface area (Å²) in [5, 5.41) is 9.61. The highest BCUT2D eigenvalue weighted by Gasteiger charge is 2.45. The molecular weight excluding hydrogens is 297 g/mol. The first-order valence-electron chi connectivity index (χ1n) is 6.87. The Balaban J connectivity index is 2.18. The van der Waals surface area contributed by atoms with Gasteiger partial charge in [0.15, 0.2) is 0 Å². The van der Waals surface area contributed by atoms with E-state index in [2.05, 4.69) is 20.7 Å². The smallest absolute Gasteiger partial charge is 0.332 e. The summed E-state index contributed by atoms with van der Waals surface area (Å²) in [5.41, 5.74) is 4.43. The van der Waals surface area contributed by atoms with Crippen LogP contribution in [0.1, 0.15) is 26.0 Å². The zero-order valence-electron chi connectivity index (χ0n) is 12.6. The maximum Gasteiger partial charge on any atom is 0.417 e. The molecule has 0 aliphatic carbocycles. The Morgan fingerprint density at radius 3 is 2.68 bits per heavy atom. The summed E-state index contributed by atoms with van der Waals surface area (Å²) in [4.78, 5) is 3.90. The number of aryl methyl sites for hydroxylation is 1. The number of anilines is 1. The largest absolute Gasteiger partial charge is 0.417 e. The number of guanidine groups is 1. The Morgan fingerprint density at radius 1 is 1.45 bits per heavy atom. The Labute approximate surface area is 126 Å². The van der Waals surface area contributed by atoms with Crippen LogP contribution in [0.2, 0.25) is 0 Å². The quantitative estimate of drug-likeness (QED) is 0.798. The van der Waals surface area contributed by atoms with Crippen molar-refractivity contribution in [3.05, 3.63) is 23.7 Å². The van der Waals surface area contributed by atoms with Gasteiger partial charge >= 0.3 is 6.18 Å². The Hall–Kier alpha value is -2.03. The molecule has 2 heterocycles. The first-order chi connectivity index (χ1) is 10.1. The van der Waals surface area contributed by atoms with Crippen molar-refractivity contribution in [3.63, 3.8) is 0 Å². The average molecular weight is 316 g/mol. The third-order valence-electron chi connectivity index (χ3n) is 3.34. The van der Waals surface area contributed by atoms with Gasteiger partial charge in [0.25, 0.3) is 0 Å². The lowest BCUT2D eigenvalue weighted by Gasteiger charge is -2.30. The fraction of sp³-hybridized carbons (Fsp3) is 0.538. The third kappa shape index (κ3) is 3.24. The van der Waals surface area contributed by atoms with E-state index in [4.69, 9.17) is 5.73 Å². The predicted molar refractivity (Wildman–Crippen MR) is 78.2 cm³/mol. The summed E-state index contributed by atoms with van der Waals surface area (Å²) >= 11 is 0. The minimum Gasteiger partial charge on any atom is -0.332 e. The van der Waals surface area contributed by atoms with Crippen molar-refractivity contribution in [2.45, 2.75) is 45.6 Å². The van der Waals surface area contributed by atoms with Crippen LogP contribution < -0.4 is 16.4 Å². The number of nitrogens with zero attached hydrogens (tertiary/aromatic N) is 3. The van der Waals surface area contributed by atoms with Crippen molar-refractivity contribution in [3.8, 4) is 0 Å². The number of hydrogen-bond acceptors (Lipinski definition) is 5. The van der Waals surface area contributed by atoms with Gasteiger partial charge in [0.05, 0.1) is 23.2 Å². The van der Waals surface area contributed by atoms with Crippen LogP contribution >= 0.6 is 0 Å². The summed E-state index contributed by atoms with van der Waals surface area (Å²) in [7, 11) is 0. The molecule has 0 aromatic carbocycles. The zero-order chi connectivity index (χ0) is 16.5. The highest BCUT2D eigenvalue weighted by molar-refractivity contribution is 5.95. The van der Waals surface area contributed by atoms with Crippen molar-refractivity contribution in [2.24, 2.45) is 10.7 Å². The summed E-state index contributed by atoms with van der Waals surface area (Å²) in [6.45, 7) is 5.87. The minimum absolute atomic E-state index is 0.150. The molecule has 0 bridgehead atoms. The zero-order valence-corrected chi connectivity index (χ0v) is 12.6. The number of nitrogens with one attached hydrogen (secondary N) is 2. The fourth-order valence-electron chi connectivity index (χ4n) is 2.18. The second-order valence-electron chi connectivity index (χ2n) is 5.30. The van der Waals surface area contributed by atoms with Crippen LogP contribution in [0.4, 0.5) is 18.9 Å². The van der Waals surface area contributed by atoms with E-state index >= 15 is 0 Å².